The Morgan fingerprint density at radius 3 is 2.29 bits per heavy atom. The average Bonchev–Trinajstić information content (AvgIpc) is 2.77. The molecule has 0 fully saturated rings. The number of anilines is 1. The number of hydrogen-bond acceptors (Lipinski definition) is 5. The molecule has 6 nitrogen and oxygen atoms in total. The molecule has 0 atom stereocenters. The zero-order valence-electron chi connectivity index (χ0n) is 17.1. The van der Waals surface area contributed by atoms with Crippen LogP contribution in [0, 0.1) is 5.82 Å². The van der Waals surface area contributed by atoms with E-state index >= 15 is 0 Å². The standard InChI is InChI=1S/C21H14Cl2F4N2O4S/c1-33-20(30)13-3-5-15(6-4-13)34(31,32)29(19-17(23)9-14(22)10-28-19)11-12-2-7-18(24)16(8-12)21(25,26)27/h2-10H,11H2,1H3. The first kappa shape index (κ1) is 25.7. The highest BCUT2D eigenvalue weighted by Gasteiger charge is 2.35. The van der Waals surface area contributed by atoms with E-state index in [-0.39, 0.29) is 31.9 Å². The molecule has 3 rings (SSSR count). The highest BCUT2D eigenvalue weighted by Crippen LogP contribution is 2.35. The maximum Gasteiger partial charge on any atom is 0.419 e. The van der Waals surface area contributed by atoms with E-state index in [9.17, 15) is 30.8 Å². The van der Waals surface area contributed by atoms with Crippen LogP contribution in [0.15, 0.2) is 59.6 Å². The van der Waals surface area contributed by atoms with Crippen molar-refractivity contribution >= 4 is 45.0 Å². The van der Waals surface area contributed by atoms with Gasteiger partial charge < -0.3 is 4.74 Å². The number of pyridine rings is 1. The van der Waals surface area contributed by atoms with Crippen LogP contribution in [0.25, 0.3) is 0 Å². The number of halogens is 6. The van der Waals surface area contributed by atoms with E-state index in [1.54, 1.807) is 0 Å². The monoisotopic (exact) mass is 536 g/mol. The lowest BCUT2D eigenvalue weighted by atomic mass is 10.1. The van der Waals surface area contributed by atoms with E-state index in [4.69, 9.17) is 23.2 Å². The molecular formula is C21H14Cl2F4N2O4S. The summed E-state index contributed by atoms with van der Waals surface area (Å²) in [6, 6.07) is 7.94. The summed E-state index contributed by atoms with van der Waals surface area (Å²) >= 11 is 12.0. The summed E-state index contributed by atoms with van der Waals surface area (Å²) in [4.78, 5) is 15.3. The van der Waals surface area contributed by atoms with Gasteiger partial charge in [-0.05, 0) is 48.0 Å². The average molecular weight is 537 g/mol. The first-order chi connectivity index (χ1) is 15.8. The predicted molar refractivity (Wildman–Crippen MR) is 117 cm³/mol. The van der Waals surface area contributed by atoms with Crippen LogP contribution in [0.3, 0.4) is 0 Å². The van der Waals surface area contributed by atoms with Crippen molar-refractivity contribution in [2.45, 2.75) is 17.6 Å². The number of methoxy groups -OCH3 is 1. The molecule has 0 spiro atoms. The minimum absolute atomic E-state index is 0.0732. The molecule has 0 aliphatic rings. The van der Waals surface area contributed by atoms with Gasteiger partial charge in [-0.1, -0.05) is 29.3 Å². The number of carbonyl (C=O) groups is 1. The number of aromatic nitrogens is 1. The van der Waals surface area contributed by atoms with Gasteiger partial charge in [-0.3, -0.25) is 0 Å². The van der Waals surface area contributed by atoms with Crippen molar-refractivity contribution in [2.24, 2.45) is 0 Å². The van der Waals surface area contributed by atoms with Crippen LogP contribution in [0.5, 0.6) is 0 Å². The van der Waals surface area contributed by atoms with Crippen LogP contribution >= 0.6 is 23.2 Å². The predicted octanol–water partition coefficient (Wildman–Crippen LogP) is 5.73. The Labute approximate surface area is 201 Å². The van der Waals surface area contributed by atoms with Crippen molar-refractivity contribution < 1.29 is 35.5 Å². The number of benzene rings is 2. The first-order valence-electron chi connectivity index (χ1n) is 9.22. The van der Waals surface area contributed by atoms with E-state index < -0.39 is 40.1 Å². The van der Waals surface area contributed by atoms with E-state index in [1.165, 1.54) is 18.2 Å². The van der Waals surface area contributed by atoms with Gasteiger partial charge in [0.15, 0.2) is 5.82 Å². The van der Waals surface area contributed by atoms with Gasteiger partial charge in [-0.2, -0.15) is 13.2 Å². The summed E-state index contributed by atoms with van der Waals surface area (Å²) in [6.07, 6.45) is -3.89. The molecule has 0 bridgehead atoms. The number of hydrogen-bond donors (Lipinski definition) is 0. The van der Waals surface area contributed by atoms with Gasteiger partial charge in [0.1, 0.15) is 5.82 Å². The number of carbonyl (C=O) groups excluding carboxylic acids is 1. The molecule has 0 aliphatic heterocycles. The fourth-order valence-electron chi connectivity index (χ4n) is 2.93. The lowest BCUT2D eigenvalue weighted by molar-refractivity contribution is -0.140. The third kappa shape index (κ3) is 5.43. The number of sulfonamides is 1. The topological polar surface area (TPSA) is 76.6 Å². The van der Waals surface area contributed by atoms with Crippen molar-refractivity contribution in [3.63, 3.8) is 0 Å². The number of ether oxygens (including phenoxy) is 1. The Kier molecular flexibility index (Phi) is 7.39. The molecule has 0 unspecified atom stereocenters. The zero-order chi connectivity index (χ0) is 25.3. The second kappa shape index (κ2) is 9.77. The largest absolute Gasteiger partial charge is 0.465 e. The molecule has 3 aromatic rings. The van der Waals surface area contributed by atoms with Crippen LogP contribution in [0.2, 0.25) is 10.0 Å². The Bertz CT molecular complexity index is 1330. The number of nitrogens with zero attached hydrogens (tertiary/aromatic N) is 2. The molecule has 1 aromatic heterocycles. The fourth-order valence-corrected chi connectivity index (χ4v) is 4.89. The Morgan fingerprint density at radius 2 is 1.74 bits per heavy atom. The molecule has 34 heavy (non-hydrogen) atoms. The van der Waals surface area contributed by atoms with Crippen molar-refractivity contribution in [2.75, 3.05) is 11.4 Å². The van der Waals surface area contributed by atoms with Crippen LogP contribution < -0.4 is 4.31 Å². The molecule has 0 saturated heterocycles. The van der Waals surface area contributed by atoms with E-state index in [1.807, 2.05) is 0 Å². The number of rotatable bonds is 6. The Balaban J connectivity index is 2.12. The van der Waals surface area contributed by atoms with Crippen LogP contribution in [0.1, 0.15) is 21.5 Å². The molecule has 0 saturated carbocycles. The molecule has 0 aliphatic carbocycles. The highest BCUT2D eigenvalue weighted by atomic mass is 35.5. The van der Waals surface area contributed by atoms with Crippen molar-refractivity contribution in [3.8, 4) is 0 Å². The van der Waals surface area contributed by atoms with Gasteiger partial charge in [-0.25, -0.2) is 26.9 Å². The van der Waals surface area contributed by atoms with E-state index in [0.717, 1.165) is 31.5 Å². The lowest BCUT2D eigenvalue weighted by Gasteiger charge is -2.25. The Hall–Kier alpha value is -2.89. The SMILES string of the molecule is COC(=O)c1ccc(S(=O)(=O)N(Cc2ccc(F)c(C(F)(F)F)c2)c2ncc(Cl)cc2Cl)cc1. The van der Waals surface area contributed by atoms with Crippen LogP contribution in [0.4, 0.5) is 23.4 Å². The van der Waals surface area contributed by atoms with Crippen molar-refractivity contribution in [1.29, 1.82) is 0 Å². The summed E-state index contributed by atoms with van der Waals surface area (Å²) in [7, 11) is -3.33. The summed E-state index contributed by atoms with van der Waals surface area (Å²) in [5.41, 5.74) is -1.67. The van der Waals surface area contributed by atoms with Crippen LogP contribution in [-0.4, -0.2) is 26.5 Å². The number of esters is 1. The Morgan fingerprint density at radius 1 is 1.09 bits per heavy atom. The normalized spacial score (nSPS) is 11.9. The van der Waals surface area contributed by atoms with Gasteiger partial charge >= 0.3 is 12.1 Å². The van der Waals surface area contributed by atoms with Crippen molar-refractivity contribution in [3.05, 3.63) is 87.3 Å². The summed E-state index contributed by atoms with van der Waals surface area (Å²) < 4.78 is 85.4. The molecule has 13 heteroatoms. The van der Waals surface area contributed by atoms with Gasteiger partial charge in [0.2, 0.25) is 0 Å². The smallest absolute Gasteiger partial charge is 0.419 e. The van der Waals surface area contributed by atoms with Gasteiger partial charge in [0, 0.05) is 6.20 Å². The van der Waals surface area contributed by atoms with Gasteiger partial charge in [0.05, 0.1) is 39.7 Å². The summed E-state index contributed by atoms with van der Waals surface area (Å²) in [6.45, 7) is -0.668. The fraction of sp³-hybridized carbons (Fsp3) is 0.143. The minimum atomic E-state index is -5.00. The molecular weight excluding hydrogens is 523 g/mol. The van der Waals surface area contributed by atoms with Gasteiger partial charge in [-0.15, -0.1) is 0 Å². The third-order valence-electron chi connectivity index (χ3n) is 4.55. The second-order valence-corrected chi connectivity index (χ2v) is 9.50. The third-order valence-corrected chi connectivity index (χ3v) is 6.79. The van der Waals surface area contributed by atoms with Crippen molar-refractivity contribution in [1.82, 2.24) is 4.98 Å². The molecule has 0 N–H and O–H groups in total. The molecule has 0 amide bonds. The molecule has 2 aromatic carbocycles. The maximum atomic E-state index is 13.7. The molecule has 1 heterocycles. The van der Waals surface area contributed by atoms with Crippen LogP contribution in [-0.2, 0) is 27.5 Å². The molecule has 0 radical (unpaired) electrons. The van der Waals surface area contributed by atoms with E-state index in [0.29, 0.717) is 16.4 Å². The van der Waals surface area contributed by atoms with Gasteiger partial charge in [0.25, 0.3) is 10.0 Å². The maximum absolute atomic E-state index is 13.7. The highest BCUT2D eigenvalue weighted by molar-refractivity contribution is 7.92. The first-order valence-corrected chi connectivity index (χ1v) is 11.4. The van der Waals surface area contributed by atoms with E-state index in [2.05, 4.69) is 9.72 Å². The quantitative estimate of drug-likeness (QED) is 0.297. The number of alkyl halides is 3. The molecule has 180 valence electrons. The summed E-state index contributed by atoms with van der Waals surface area (Å²) in [5.74, 6) is -2.53. The summed E-state index contributed by atoms with van der Waals surface area (Å²) in [5, 5.41) is -0.102. The minimum Gasteiger partial charge on any atom is -0.465 e. The zero-order valence-corrected chi connectivity index (χ0v) is 19.4. The second-order valence-electron chi connectivity index (χ2n) is 6.80. The lowest BCUT2D eigenvalue weighted by Crippen LogP contribution is -2.32.